The first-order chi connectivity index (χ1) is 14.4. The van der Waals surface area contributed by atoms with E-state index in [0.717, 1.165) is 29.7 Å². The van der Waals surface area contributed by atoms with E-state index < -0.39 is 5.97 Å². The molecule has 1 aromatic heterocycles. The lowest BCUT2D eigenvalue weighted by Crippen LogP contribution is -2.56. The molecule has 4 bridgehead atoms. The fraction of sp³-hybridized carbons (Fsp3) is 0.520. The second-order valence-electron chi connectivity index (χ2n) is 9.96. The molecule has 6 rings (SSSR count). The molecule has 0 spiro atoms. The Hall–Kier alpha value is -2.14. The Morgan fingerprint density at radius 2 is 1.60 bits per heavy atom. The van der Waals surface area contributed by atoms with E-state index in [1.54, 1.807) is 0 Å². The Morgan fingerprint density at radius 1 is 1.03 bits per heavy atom. The zero-order valence-electron chi connectivity index (χ0n) is 17.6. The van der Waals surface area contributed by atoms with Crippen LogP contribution in [0.1, 0.15) is 62.0 Å². The predicted octanol–water partition coefficient (Wildman–Crippen LogP) is 6.07. The number of hydrogen-bond donors (Lipinski definition) is 1. The van der Waals surface area contributed by atoms with Crippen molar-refractivity contribution >= 4 is 28.9 Å². The van der Waals surface area contributed by atoms with Crippen molar-refractivity contribution in [3.8, 4) is 10.4 Å². The van der Waals surface area contributed by atoms with Gasteiger partial charge in [-0.3, -0.25) is 4.79 Å². The molecule has 4 saturated carbocycles. The van der Waals surface area contributed by atoms with Crippen molar-refractivity contribution in [2.45, 2.75) is 58.4 Å². The largest absolute Gasteiger partial charge is 0.477 e. The van der Waals surface area contributed by atoms with Gasteiger partial charge in [0.2, 0.25) is 5.91 Å². The quantitative estimate of drug-likeness (QED) is 0.635. The smallest absolute Gasteiger partial charge is 0.348 e. The highest BCUT2D eigenvalue weighted by Gasteiger charge is 2.56. The lowest BCUT2D eigenvalue weighted by atomic mass is 9.49. The number of carboxylic acids is 1. The van der Waals surface area contributed by atoms with Crippen LogP contribution in [0.25, 0.3) is 10.4 Å². The van der Waals surface area contributed by atoms with Crippen molar-refractivity contribution in [1.82, 2.24) is 0 Å². The van der Waals surface area contributed by atoms with Crippen molar-refractivity contribution in [3.05, 3.63) is 41.3 Å². The lowest BCUT2D eigenvalue weighted by Gasteiger charge is -2.56. The summed E-state index contributed by atoms with van der Waals surface area (Å²) in [5, 5.41) is 9.94. The number of aromatic carboxylic acids is 1. The molecule has 4 aliphatic rings. The van der Waals surface area contributed by atoms with Crippen molar-refractivity contribution in [1.29, 1.82) is 0 Å². The number of rotatable bonds is 5. The Balaban J connectivity index is 1.56. The highest BCUT2D eigenvalue weighted by molar-refractivity contribution is 7.18. The van der Waals surface area contributed by atoms with Crippen LogP contribution in [-0.2, 0) is 4.79 Å². The van der Waals surface area contributed by atoms with E-state index in [-0.39, 0.29) is 22.2 Å². The third-order valence-corrected chi connectivity index (χ3v) is 8.61. The molecule has 0 aliphatic heterocycles. The molecule has 2 aromatic rings. The maximum absolute atomic E-state index is 14.1. The molecule has 1 N–H and O–H groups in total. The molecule has 1 amide bonds. The van der Waals surface area contributed by atoms with E-state index in [1.807, 2.05) is 55.1 Å². The minimum absolute atomic E-state index is 0.0816. The van der Waals surface area contributed by atoms with Gasteiger partial charge in [0.25, 0.3) is 0 Å². The van der Waals surface area contributed by atoms with Gasteiger partial charge in [-0.05, 0) is 81.8 Å². The molecule has 4 fully saturated rings. The molecule has 1 aromatic carbocycles. The zero-order chi connectivity index (χ0) is 21.0. The Bertz CT molecular complexity index is 942. The Labute approximate surface area is 181 Å². The van der Waals surface area contributed by atoms with Gasteiger partial charge in [-0.15, -0.1) is 11.3 Å². The van der Waals surface area contributed by atoms with Crippen LogP contribution in [0.4, 0.5) is 5.69 Å². The van der Waals surface area contributed by atoms with Crippen LogP contribution >= 0.6 is 11.3 Å². The van der Waals surface area contributed by atoms with Gasteiger partial charge in [0.15, 0.2) is 0 Å². The number of carboxylic acid groups (broad SMARTS) is 1. The van der Waals surface area contributed by atoms with Crippen LogP contribution in [0.5, 0.6) is 0 Å². The molecule has 4 aliphatic carbocycles. The van der Waals surface area contributed by atoms with Crippen LogP contribution in [0, 0.1) is 23.2 Å². The highest BCUT2D eigenvalue weighted by atomic mass is 32.1. The second kappa shape index (κ2) is 7.23. The summed E-state index contributed by atoms with van der Waals surface area (Å²) < 4.78 is 0. The summed E-state index contributed by atoms with van der Waals surface area (Å²) in [4.78, 5) is 29.2. The molecule has 0 saturated heterocycles. The predicted molar refractivity (Wildman–Crippen MR) is 120 cm³/mol. The van der Waals surface area contributed by atoms with Gasteiger partial charge >= 0.3 is 5.97 Å². The Kier molecular flexibility index (Phi) is 4.77. The van der Waals surface area contributed by atoms with E-state index >= 15 is 0 Å². The van der Waals surface area contributed by atoms with E-state index in [2.05, 4.69) is 0 Å². The van der Waals surface area contributed by atoms with Gasteiger partial charge in [0.1, 0.15) is 4.88 Å². The van der Waals surface area contributed by atoms with Gasteiger partial charge in [0.05, 0.1) is 11.1 Å². The monoisotopic (exact) mass is 423 g/mol. The maximum atomic E-state index is 14.1. The fourth-order valence-corrected chi connectivity index (χ4v) is 7.70. The van der Waals surface area contributed by atoms with E-state index in [1.165, 1.54) is 30.6 Å². The molecular weight excluding hydrogens is 394 g/mol. The van der Waals surface area contributed by atoms with Gasteiger partial charge in [-0.2, -0.15) is 0 Å². The molecule has 0 atom stereocenters. The average Bonchev–Trinajstić information content (AvgIpc) is 3.13. The van der Waals surface area contributed by atoms with Crippen LogP contribution < -0.4 is 4.90 Å². The van der Waals surface area contributed by atoms with Crippen LogP contribution in [0.2, 0.25) is 0 Å². The number of hydrogen-bond acceptors (Lipinski definition) is 3. The number of thiophene rings is 1. The number of carbonyl (C=O) groups excluding carboxylic acids is 1. The second-order valence-corrected chi connectivity index (χ2v) is 11.0. The van der Waals surface area contributed by atoms with Gasteiger partial charge in [0, 0.05) is 10.9 Å². The number of anilines is 1. The molecule has 158 valence electrons. The standard InChI is InChI=1S/C25H29NO3S/c1-15(2)26(24(29)25-12-16-8-17(13-25)10-18(9-16)14-25)20-11-21(30-22(20)23(27)28)19-6-4-3-5-7-19/h3-7,11,15-18H,8-10,12-14H2,1-2H3,(H,27,28). The van der Waals surface area contributed by atoms with Crippen molar-refractivity contribution < 1.29 is 14.7 Å². The maximum Gasteiger partial charge on any atom is 0.348 e. The summed E-state index contributed by atoms with van der Waals surface area (Å²) in [6, 6.07) is 11.7. The number of benzene rings is 1. The summed E-state index contributed by atoms with van der Waals surface area (Å²) >= 11 is 1.27. The van der Waals surface area contributed by atoms with E-state index in [9.17, 15) is 14.7 Å². The minimum Gasteiger partial charge on any atom is -0.477 e. The van der Waals surface area contributed by atoms with Gasteiger partial charge < -0.3 is 10.0 Å². The molecule has 0 unspecified atom stereocenters. The van der Waals surface area contributed by atoms with Crippen LogP contribution in [0.15, 0.2) is 36.4 Å². The van der Waals surface area contributed by atoms with Crippen LogP contribution in [-0.4, -0.2) is 23.0 Å². The van der Waals surface area contributed by atoms with Gasteiger partial charge in [-0.25, -0.2) is 4.79 Å². The molecule has 0 radical (unpaired) electrons. The minimum atomic E-state index is -0.957. The van der Waals surface area contributed by atoms with Crippen molar-refractivity contribution in [2.24, 2.45) is 23.2 Å². The third-order valence-electron chi connectivity index (χ3n) is 7.45. The third kappa shape index (κ3) is 3.18. The van der Waals surface area contributed by atoms with E-state index in [4.69, 9.17) is 0 Å². The van der Waals surface area contributed by atoms with E-state index in [0.29, 0.717) is 23.4 Å². The first kappa shape index (κ1) is 19.8. The number of nitrogens with zero attached hydrogens (tertiary/aromatic N) is 1. The Morgan fingerprint density at radius 3 is 2.10 bits per heavy atom. The fourth-order valence-electron chi connectivity index (χ4n) is 6.71. The molecule has 4 nitrogen and oxygen atoms in total. The zero-order valence-corrected chi connectivity index (χ0v) is 18.5. The number of carbonyl (C=O) groups is 2. The first-order valence-corrected chi connectivity index (χ1v) is 11.9. The lowest BCUT2D eigenvalue weighted by molar-refractivity contribution is -0.143. The molecule has 1 heterocycles. The molecule has 30 heavy (non-hydrogen) atoms. The topological polar surface area (TPSA) is 57.6 Å². The molecular formula is C25H29NO3S. The average molecular weight is 424 g/mol. The first-order valence-electron chi connectivity index (χ1n) is 11.1. The summed E-state index contributed by atoms with van der Waals surface area (Å²) in [5.74, 6) is 1.24. The number of amides is 1. The normalized spacial score (nSPS) is 29.4. The summed E-state index contributed by atoms with van der Waals surface area (Å²) in [5.41, 5.74) is 1.27. The summed E-state index contributed by atoms with van der Waals surface area (Å²) in [6.07, 6.45) is 6.80. The SMILES string of the molecule is CC(C)N(C(=O)C12CC3CC(CC(C3)C1)C2)c1cc(-c2ccccc2)sc1C(=O)O. The van der Waals surface area contributed by atoms with Gasteiger partial charge in [-0.1, -0.05) is 30.3 Å². The summed E-state index contributed by atoms with van der Waals surface area (Å²) in [7, 11) is 0. The van der Waals surface area contributed by atoms with Crippen LogP contribution in [0.3, 0.4) is 0 Å². The highest BCUT2D eigenvalue weighted by Crippen LogP contribution is 2.61. The molecule has 5 heteroatoms. The van der Waals surface area contributed by atoms with Crippen molar-refractivity contribution in [3.63, 3.8) is 0 Å². The van der Waals surface area contributed by atoms with Crippen molar-refractivity contribution in [2.75, 3.05) is 4.90 Å². The summed E-state index contributed by atoms with van der Waals surface area (Å²) in [6.45, 7) is 4.01.